The van der Waals surface area contributed by atoms with Crippen molar-refractivity contribution < 1.29 is 9.53 Å². The lowest BCUT2D eigenvalue weighted by atomic mass is 10.2. The summed E-state index contributed by atoms with van der Waals surface area (Å²) < 4.78 is 7.10. The lowest BCUT2D eigenvalue weighted by Crippen LogP contribution is -2.16. The number of aryl methyl sites for hydroxylation is 2. The van der Waals surface area contributed by atoms with E-state index in [1.54, 1.807) is 36.0 Å². The fraction of sp³-hybridized carbons (Fsp3) is 0.333. The third kappa shape index (κ3) is 3.76. The van der Waals surface area contributed by atoms with E-state index in [-0.39, 0.29) is 12.0 Å². The second-order valence-electron chi connectivity index (χ2n) is 5.06. The number of benzene rings is 1. The van der Waals surface area contributed by atoms with E-state index in [1.807, 2.05) is 20.8 Å². The fourth-order valence-electron chi connectivity index (χ4n) is 1.95. The maximum atomic E-state index is 12.2. The number of hydrogen-bond acceptors (Lipinski definition) is 3. The number of ether oxygens (including phenoxy) is 1. The molecule has 1 N–H and O–H groups in total. The third-order valence-corrected chi connectivity index (χ3v) is 3.08. The van der Waals surface area contributed by atoms with Gasteiger partial charge in [0.1, 0.15) is 11.4 Å². The van der Waals surface area contributed by atoms with Crippen molar-refractivity contribution in [3.63, 3.8) is 0 Å². The van der Waals surface area contributed by atoms with Crippen LogP contribution in [-0.2, 0) is 7.05 Å². The van der Waals surface area contributed by atoms with Gasteiger partial charge in [-0.1, -0.05) is 11.6 Å². The van der Waals surface area contributed by atoms with E-state index in [0.29, 0.717) is 22.2 Å². The molecule has 0 aliphatic heterocycles. The molecule has 0 atom stereocenters. The summed E-state index contributed by atoms with van der Waals surface area (Å²) >= 11 is 6.14. The van der Waals surface area contributed by atoms with Crippen LogP contribution in [0.1, 0.15) is 30.0 Å². The molecule has 2 aromatic rings. The zero-order valence-electron chi connectivity index (χ0n) is 12.5. The number of amides is 1. The highest BCUT2D eigenvalue weighted by atomic mass is 35.5. The Hall–Kier alpha value is -2.01. The largest absolute Gasteiger partial charge is 0.489 e. The first-order valence-corrected chi connectivity index (χ1v) is 7.03. The van der Waals surface area contributed by atoms with Gasteiger partial charge in [0.25, 0.3) is 5.91 Å². The zero-order chi connectivity index (χ0) is 15.6. The molecule has 1 amide bonds. The van der Waals surface area contributed by atoms with Crippen LogP contribution in [0.15, 0.2) is 24.3 Å². The summed E-state index contributed by atoms with van der Waals surface area (Å²) in [6.45, 7) is 5.69. The van der Waals surface area contributed by atoms with Crippen LogP contribution in [0.25, 0.3) is 0 Å². The number of hydrogen-bond donors (Lipinski definition) is 1. The number of carbonyl (C=O) groups is 1. The van der Waals surface area contributed by atoms with E-state index in [2.05, 4.69) is 10.4 Å². The highest BCUT2D eigenvalue weighted by molar-refractivity contribution is 6.32. The Kier molecular flexibility index (Phi) is 4.53. The van der Waals surface area contributed by atoms with Gasteiger partial charge in [0, 0.05) is 12.7 Å². The lowest BCUT2D eigenvalue weighted by molar-refractivity contribution is 0.101. The summed E-state index contributed by atoms with van der Waals surface area (Å²) in [5.74, 6) is 0.368. The molecule has 0 fully saturated rings. The zero-order valence-corrected chi connectivity index (χ0v) is 13.2. The Labute approximate surface area is 128 Å². The van der Waals surface area contributed by atoms with Crippen molar-refractivity contribution in [2.45, 2.75) is 26.9 Å². The van der Waals surface area contributed by atoms with Crippen LogP contribution in [0.2, 0.25) is 5.02 Å². The molecule has 0 aliphatic carbocycles. The Bertz CT molecular complexity index is 665. The molecule has 0 aliphatic rings. The van der Waals surface area contributed by atoms with Crippen LogP contribution in [0.4, 0.5) is 5.69 Å². The molecule has 6 heteroatoms. The Morgan fingerprint density at radius 2 is 2.10 bits per heavy atom. The predicted molar refractivity (Wildman–Crippen MR) is 83.1 cm³/mol. The van der Waals surface area contributed by atoms with Gasteiger partial charge in [0.05, 0.1) is 16.8 Å². The molecule has 0 saturated heterocycles. The fourth-order valence-corrected chi connectivity index (χ4v) is 2.17. The topological polar surface area (TPSA) is 56.1 Å². The minimum Gasteiger partial charge on any atom is -0.489 e. The first kappa shape index (κ1) is 15.4. The van der Waals surface area contributed by atoms with Crippen LogP contribution in [0.3, 0.4) is 0 Å². The standard InChI is InChI=1S/C15H18ClN3O2/c1-9(2)21-14-6-5-11(8-12(14)16)17-15(20)13-7-10(3)18-19(13)4/h5-9H,1-4H3,(H,17,20). The summed E-state index contributed by atoms with van der Waals surface area (Å²) in [5, 5.41) is 7.40. The Balaban J connectivity index is 2.15. The van der Waals surface area contributed by atoms with E-state index in [9.17, 15) is 4.79 Å². The molecule has 1 aromatic carbocycles. The number of halogens is 1. The van der Waals surface area contributed by atoms with E-state index >= 15 is 0 Å². The number of nitrogens with one attached hydrogen (secondary N) is 1. The molecule has 0 unspecified atom stereocenters. The highest BCUT2D eigenvalue weighted by Crippen LogP contribution is 2.28. The smallest absolute Gasteiger partial charge is 0.273 e. The molecule has 0 bridgehead atoms. The maximum absolute atomic E-state index is 12.2. The van der Waals surface area contributed by atoms with E-state index < -0.39 is 0 Å². The molecule has 1 aromatic heterocycles. The van der Waals surface area contributed by atoms with Crippen LogP contribution in [0.5, 0.6) is 5.75 Å². The van der Waals surface area contributed by atoms with Gasteiger partial charge < -0.3 is 10.1 Å². The minimum atomic E-state index is -0.230. The third-order valence-electron chi connectivity index (χ3n) is 2.79. The van der Waals surface area contributed by atoms with Crippen molar-refractivity contribution in [1.29, 1.82) is 0 Å². The van der Waals surface area contributed by atoms with Crippen molar-refractivity contribution in [1.82, 2.24) is 9.78 Å². The SMILES string of the molecule is Cc1cc(C(=O)Nc2ccc(OC(C)C)c(Cl)c2)n(C)n1. The second kappa shape index (κ2) is 6.18. The molecular formula is C15H18ClN3O2. The lowest BCUT2D eigenvalue weighted by Gasteiger charge is -2.12. The monoisotopic (exact) mass is 307 g/mol. The van der Waals surface area contributed by atoms with Gasteiger partial charge in [0.15, 0.2) is 0 Å². The number of carbonyl (C=O) groups excluding carboxylic acids is 1. The van der Waals surface area contributed by atoms with Gasteiger partial charge in [-0.15, -0.1) is 0 Å². The van der Waals surface area contributed by atoms with Crippen molar-refractivity contribution in [2.24, 2.45) is 7.05 Å². The quantitative estimate of drug-likeness (QED) is 0.941. The van der Waals surface area contributed by atoms with Gasteiger partial charge in [-0.05, 0) is 45.0 Å². The van der Waals surface area contributed by atoms with E-state index in [0.717, 1.165) is 5.69 Å². The highest BCUT2D eigenvalue weighted by Gasteiger charge is 2.13. The molecule has 21 heavy (non-hydrogen) atoms. The van der Waals surface area contributed by atoms with Gasteiger partial charge in [-0.2, -0.15) is 5.10 Å². The van der Waals surface area contributed by atoms with Crippen molar-refractivity contribution in [3.8, 4) is 5.75 Å². The molecule has 112 valence electrons. The molecule has 5 nitrogen and oxygen atoms in total. The Morgan fingerprint density at radius 3 is 2.62 bits per heavy atom. The Morgan fingerprint density at radius 1 is 1.38 bits per heavy atom. The molecule has 0 spiro atoms. The van der Waals surface area contributed by atoms with Crippen LogP contribution >= 0.6 is 11.6 Å². The summed E-state index contributed by atoms with van der Waals surface area (Å²) in [7, 11) is 1.73. The van der Waals surface area contributed by atoms with Gasteiger partial charge in [0.2, 0.25) is 0 Å². The predicted octanol–water partition coefficient (Wildman–Crippen LogP) is 3.42. The first-order chi connectivity index (χ1) is 9.86. The number of nitrogens with zero attached hydrogens (tertiary/aromatic N) is 2. The van der Waals surface area contributed by atoms with Crippen LogP contribution in [0, 0.1) is 6.92 Å². The summed E-state index contributed by atoms with van der Waals surface area (Å²) in [6, 6.07) is 6.89. The average Bonchev–Trinajstić information content (AvgIpc) is 2.71. The van der Waals surface area contributed by atoms with Gasteiger partial charge in [-0.3, -0.25) is 9.48 Å². The summed E-state index contributed by atoms with van der Waals surface area (Å²) in [5.41, 5.74) is 1.90. The molecule has 2 rings (SSSR count). The summed E-state index contributed by atoms with van der Waals surface area (Å²) in [4.78, 5) is 12.2. The molecular weight excluding hydrogens is 290 g/mol. The van der Waals surface area contributed by atoms with Crippen molar-refractivity contribution in [2.75, 3.05) is 5.32 Å². The average molecular weight is 308 g/mol. The molecule has 1 heterocycles. The normalized spacial score (nSPS) is 10.8. The van der Waals surface area contributed by atoms with Gasteiger partial charge >= 0.3 is 0 Å². The minimum absolute atomic E-state index is 0.0420. The summed E-state index contributed by atoms with van der Waals surface area (Å²) in [6.07, 6.45) is 0.0420. The molecule has 0 radical (unpaired) electrons. The first-order valence-electron chi connectivity index (χ1n) is 6.65. The maximum Gasteiger partial charge on any atom is 0.273 e. The van der Waals surface area contributed by atoms with Crippen LogP contribution < -0.4 is 10.1 Å². The van der Waals surface area contributed by atoms with E-state index in [4.69, 9.17) is 16.3 Å². The number of rotatable bonds is 4. The van der Waals surface area contributed by atoms with Crippen LogP contribution in [-0.4, -0.2) is 21.8 Å². The number of anilines is 1. The number of aromatic nitrogens is 2. The van der Waals surface area contributed by atoms with Crippen molar-refractivity contribution >= 4 is 23.2 Å². The van der Waals surface area contributed by atoms with Gasteiger partial charge in [-0.25, -0.2) is 0 Å². The van der Waals surface area contributed by atoms with Crippen molar-refractivity contribution in [3.05, 3.63) is 40.7 Å². The molecule has 0 saturated carbocycles. The van der Waals surface area contributed by atoms with E-state index in [1.165, 1.54) is 0 Å². The second-order valence-corrected chi connectivity index (χ2v) is 5.47.